The summed E-state index contributed by atoms with van der Waals surface area (Å²) in [6.07, 6.45) is 6.94. The maximum Gasteiger partial charge on any atom is 3.00 e. The van der Waals surface area contributed by atoms with E-state index in [4.69, 9.17) is 0 Å². The third-order valence-corrected chi connectivity index (χ3v) is 6.00. The van der Waals surface area contributed by atoms with Gasteiger partial charge in [0.1, 0.15) is 0 Å². The first-order valence-electron chi connectivity index (χ1n) is 11.1. The Bertz CT molecular complexity index is 1340. The molecule has 3 nitrogen and oxygen atoms in total. The SMILES string of the molecule is Cc1ccnc(-c2[c-]c(F)c(F)cc2)c1-c1ccccc1.[Ir+3].[c-]1cccc2c1C1[N-]C=CN1CC2. The van der Waals surface area contributed by atoms with E-state index in [1.54, 1.807) is 6.20 Å². The first-order valence-corrected chi connectivity index (χ1v) is 11.1. The normalized spacial score (nSPS) is 15.2. The summed E-state index contributed by atoms with van der Waals surface area (Å²) in [6.45, 7) is 3.04. The first-order chi connectivity index (χ1) is 16.6. The van der Waals surface area contributed by atoms with Gasteiger partial charge in [0.2, 0.25) is 0 Å². The van der Waals surface area contributed by atoms with Crippen molar-refractivity contribution in [2.45, 2.75) is 19.5 Å². The van der Waals surface area contributed by atoms with Gasteiger partial charge < -0.3 is 15.2 Å². The molecule has 2 aliphatic heterocycles. The molecule has 0 amide bonds. The molecular formula is C29H22F2IrN3. The van der Waals surface area contributed by atoms with E-state index in [1.807, 2.05) is 55.6 Å². The second-order valence-corrected chi connectivity index (χ2v) is 8.17. The van der Waals surface area contributed by atoms with E-state index in [0.29, 0.717) is 11.3 Å². The van der Waals surface area contributed by atoms with Gasteiger partial charge in [-0.3, -0.25) is 4.39 Å². The van der Waals surface area contributed by atoms with Crippen LogP contribution in [-0.4, -0.2) is 16.4 Å². The zero-order valence-electron chi connectivity index (χ0n) is 19.0. The van der Waals surface area contributed by atoms with Crippen LogP contribution in [-0.2, 0) is 26.5 Å². The van der Waals surface area contributed by atoms with Gasteiger partial charge in [-0.25, -0.2) is 4.39 Å². The van der Waals surface area contributed by atoms with E-state index in [0.717, 1.165) is 35.7 Å². The van der Waals surface area contributed by atoms with Crippen LogP contribution in [0.3, 0.4) is 0 Å². The van der Waals surface area contributed by atoms with Crippen LogP contribution in [0.15, 0.2) is 85.3 Å². The smallest absolute Gasteiger partial charge is 0.668 e. The predicted octanol–water partition coefficient (Wildman–Crippen LogP) is 7.00. The molecule has 6 heteroatoms. The summed E-state index contributed by atoms with van der Waals surface area (Å²) in [7, 11) is 0. The average Bonchev–Trinajstić information content (AvgIpc) is 3.36. The van der Waals surface area contributed by atoms with Gasteiger partial charge in [0.05, 0.1) is 11.6 Å². The van der Waals surface area contributed by atoms with Gasteiger partial charge in [-0.1, -0.05) is 36.8 Å². The second kappa shape index (κ2) is 10.9. The van der Waals surface area contributed by atoms with E-state index in [-0.39, 0.29) is 26.3 Å². The average molecular weight is 643 g/mol. The molecule has 35 heavy (non-hydrogen) atoms. The van der Waals surface area contributed by atoms with Crippen molar-refractivity contribution in [1.29, 1.82) is 0 Å². The molecule has 1 unspecified atom stereocenters. The van der Waals surface area contributed by atoms with E-state index in [9.17, 15) is 8.78 Å². The molecule has 0 bridgehead atoms. The standard InChI is InChI=1S/C18H12F2N.C11H10N2.Ir/c1-12-9-10-21-18(14-7-8-15(19)16(20)11-14)17(12)13-5-3-2-4-6-13;1-2-4-10-9(3-1)5-7-13-8-6-12-11(10)13;/h2-10H,1H3;1-3,6,8,11H,5,7H2;/q-1;-2;+3. The number of nitrogens with zero attached hydrogens (tertiary/aromatic N) is 3. The van der Waals surface area contributed by atoms with E-state index in [1.165, 1.54) is 17.2 Å². The van der Waals surface area contributed by atoms with Crippen LogP contribution in [0.25, 0.3) is 27.7 Å². The molecule has 1 atom stereocenters. The van der Waals surface area contributed by atoms with Crippen molar-refractivity contribution in [3.8, 4) is 22.4 Å². The second-order valence-electron chi connectivity index (χ2n) is 8.17. The van der Waals surface area contributed by atoms with Gasteiger partial charge in [0.25, 0.3) is 0 Å². The topological polar surface area (TPSA) is 30.2 Å². The number of halogens is 2. The fraction of sp³-hybridized carbons (Fsp3) is 0.138. The van der Waals surface area contributed by atoms with E-state index in [2.05, 4.69) is 45.7 Å². The largest absolute Gasteiger partial charge is 3.00 e. The Kier molecular flexibility index (Phi) is 7.74. The molecule has 3 heterocycles. The van der Waals surface area contributed by atoms with E-state index < -0.39 is 11.6 Å². The maximum absolute atomic E-state index is 13.4. The number of hydrogen-bond acceptors (Lipinski definition) is 2. The third kappa shape index (κ3) is 5.19. The summed E-state index contributed by atoms with van der Waals surface area (Å²) in [6, 6.07) is 26.1. The molecule has 176 valence electrons. The summed E-state index contributed by atoms with van der Waals surface area (Å²) in [4.78, 5) is 6.60. The number of aromatic nitrogens is 1. The zero-order valence-corrected chi connectivity index (χ0v) is 21.4. The Balaban J connectivity index is 0.000000177. The molecule has 2 aliphatic rings. The minimum Gasteiger partial charge on any atom is -0.668 e. The molecule has 1 aromatic heterocycles. The predicted molar refractivity (Wildman–Crippen MR) is 130 cm³/mol. The minimum atomic E-state index is -0.991. The number of hydrogen-bond donors (Lipinski definition) is 0. The Morgan fingerprint density at radius 2 is 1.86 bits per heavy atom. The fourth-order valence-electron chi connectivity index (χ4n) is 4.32. The van der Waals surface area contributed by atoms with Crippen LogP contribution in [0.4, 0.5) is 8.78 Å². The van der Waals surface area contributed by atoms with Crippen molar-refractivity contribution in [3.63, 3.8) is 0 Å². The number of benzene rings is 3. The molecule has 0 spiro atoms. The zero-order chi connectivity index (χ0) is 23.5. The summed E-state index contributed by atoms with van der Waals surface area (Å²) < 4.78 is 26.5. The molecular weight excluding hydrogens is 621 g/mol. The molecule has 0 aliphatic carbocycles. The molecule has 0 saturated heterocycles. The number of pyridine rings is 1. The Hall–Kier alpha value is -3.34. The fourth-order valence-corrected chi connectivity index (χ4v) is 4.32. The molecule has 0 N–H and O–H groups in total. The number of aryl methyl sites for hydroxylation is 1. The summed E-state index contributed by atoms with van der Waals surface area (Å²) in [5, 5.41) is 4.41. The van der Waals surface area contributed by atoms with E-state index >= 15 is 0 Å². The van der Waals surface area contributed by atoms with Crippen LogP contribution in [0.2, 0.25) is 0 Å². The van der Waals surface area contributed by atoms with Crippen LogP contribution in [0.5, 0.6) is 0 Å². The van der Waals surface area contributed by atoms with Crippen molar-refractivity contribution in [1.82, 2.24) is 9.88 Å². The molecule has 6 rings (SSSR count). The van der Waals surface area contributed by atoms with Gasteiger partial charge in [-0.2, -0.15) is 41.6 Å². The monoisotopic (exact) mass is 643 g/mol. The van der Waals surface area contributed by atoms with Crippen LogP contribution >= 0.6 is 0 Å². The molecule has 0 fully saturated rings. The van der Waals surface area contributed by atoms with Crippen molar-refractivity contribution in [2.75, 3.05) is 6.54 Å². The van der Waals surface area contributed by atoms with Gasteiger partial charge in [0, 0.05) is 12.7 Å². The maximum atomic E-state index is 13.4. The Morgan fingerprint density at radius 1 is 1.03 bits per heavy atom. The van der Waals surface area contributed by atoms with Crippen LogP contribution < -0.4 is 0 Å². The molecule has 3 aromatic carbocycles. The van der Waals surface area contributed by atoms with Gasteiger partial charge >= 0.3 is 20.1 Å². The number of fused-ring (bicyclic) bond motifs is 3. The van der Waals surface area contributed by atoms with Crippen molar-refractivity contribution in [2.24, 2.45) is 0 Å². The minimum absolute atomic E-state index is 0. The van der Waals surface area contributed by atoms with Crippen LogP contribution in [0.1, 0.15) is 22.9 Å². The molecule has 0 saturated carbocycles. The first kappa shape index (κ1) is 24.8. The van der Waals surface area contributed by atoms with Crippen LogP contribution in [0, 0.1) is 30.7 Å². The quantitative estimate of drug-likeness (QED) is 0.221. The van der Waals surface area contributed by atoms with Gasteiger partial charge in [-0.15, -0.1) is 23.8 Å². The Labute approximate surface area is 217 Å². The Morgan fingerprint density at radius 3 is 2.66 bits per heavy atom. The summed E-state index contributed by atoms with van der Waals surface area (Å²) >= 11 is 0. The van der Waals surface area contributed by atoms with Crippen molar-refractivity contribution >= 4 is 0 Å². The number of rotatable bonds is 2. The van der Waals surface area contributed by atoms with Crippen molar-refractivity contribution < 1.29 is 28.9 Å². The van der Waals surface area contributed by atoms with Gasteiger partial charge in [-0.05, 0) is 47.7 Å². The molecule has 4 aromatic rings. The molecule has 0 radical (unpaired) electrons. The van der Waals surface area contributed by atoms with Crippen molar-refractivity contribution in [3.05, 3.63) is 131 Å². The van der Waals surface area contributed by atoms with Gasteiger partial charge in [0.15, 0.2) is 0 Å². The summed E-state index contributed by atoms with van der Waals surface area (Å²) in [5.41, 5.74) is 6.59. The third-order valence-electron chi connectivity index (χ3n) is 6.00. The summed E-state index contributed by atoms with van der Waals surface area (Å²) in [5.74, 6) is -1.90.